The number of benzene rings is 1. The molecule has 3 rings (SSSR count). The van der Waals surface area contributed by atoms with Gasteiger partial charge in [0, 0.05) is 17.4 Å². The van der Waals surface area contributed by atoms with Gasteiger partial charge < -0.3 is 15.8 Å². The third-order valence-electron chi connectivity index (χ3n) is 4.44. The van der Waals surface area contributed by atoms with Crippen LogP contribution in [0.5, 0.6) is 0 Å². The van der Waals surface area contributed by atoms with Gasteiger partial charge in [0.1, 0.15) is 17.6 Å². The van der Waals surface area contributed by atoms with Crippen LogP contribution in [0.3, 0.4) is 0 Å². The number of nitrogens with zero attached hydrogens (tertiary/aromatic N) is 3. The molecule has 150 valence electrons. The molecule has 0 saturated heterocycles. The number of alkyl halides is 2. The number of pyridine rings is 1. The number of ether oxygens (including phenoxy) is 1. The molecule has 0 unspecified atom stereocenters. The van der Waals surface area contributed by atoms with Gasteiger partial charge in [0.15, 0.2) is 5.54 Å². The van der Waals surface area contributed by atoms with Crippen molar-refractivity contribution >= 4 is 17.6 Å². The molecule has 0 radical (unpaired) electrons. The van der Waals surface area contributed by atoms with E-state index in [1.54, 1.807) is 0 Å². The van der Waals surface area contributed by atoms with E-state index in [1.165, 1.54) is 24.4 Å². The molecule has 0 bridgehead atoms. The Morgan fingerprint density at radius 2 is 2.14 bits per heavy atom. The van der Waals surface area contributed by atoms with E-state index < -0.39 is 35.3 Å². The van der Waals surface area contributed by atoms with Crippen LogP contribution in [0.15, 0.2) is 41.5 Å². The van der Waals surface area contributed by atoms with Gasteiger partial charge in [-0.05, 0) is 43.2 Å². The van der Waals surface area contributed by atoms with Gasteiger partial charge in [-0.3, -0.25) is 4.79 Å². The average Bonchev–Trinajstić information content (AvgIpc) is 2.91. The summed E-state index contributed by atoms with van der Waals surface area (Å²) in [5, 5.41) is 11.3. The Kier molecular flexibility index (Phi) is 5.68. The molecular formula is C19H16F3N5O2. The summed E-state index contributed by atoms with van der Waals surface area (Å²) >= 11 is 0. The average molecular weight is 403 g/mol. The van der Waals surface area contributed by atoms with Crippen LogP contribution in [0.25, 0.3) is 0 Å². The number of hydrogen-bond acceptors (Lipinski definition) is 6. The lowest BCUT2D eigenvalue weighted by atomic mass is 9.85. The first-order valence-electron chi connectivity index (χ1n) is 8.59. The second-order valence-corrected chi connectivity index (χ2v) is 6.32. The summed E-state index contributed by atoms with van der Waals surface area (Å²) in [6.07, 6.45) is -1.82. The lowest BCUT2D eigenvalue weighted by Gasteiger charge is -2.29. The zero-order valence-corrected chi connectivity index (χ0v) is 15.0. The fraction of sp³-hybridized carbons (Fsp3) is 0.263. The van der Waals surface area contributed by atoms with Gasteiger partial charge in [-0.15, -0.1) is 0 Å². The van der Waals surface area contributed by atoms with Crippen LogP contribution >= 0.6 is 0 Å². The standard InChI is InChI=1S/C19H16F3N5O2/c20-14-4-3-12(26-16(28)15-5-2-11(9-23)10-25-15)8-13(14)19(17(21)22)6-1-7-29-18(24)27-19/h2-5,8,10,17H,1,6-7H2,(H2,24,27)(H,26,28)/t19-/m0/s1. The molecule has 3 N–H and O–H groups in total. The number of nitrogens with two attached hydrogens (primary N) is 1. The molecule has 0 spiro atoms. The molecule has 1 aromatic heterocycles. The Balaban J connectivity index is 1.95. The van der Waals surface area contributed by atoms with Crippen LogP contribution in [0, 0.1) is 17.1 Å². The maximum Gasteiger partial charge on any atom is 0.283 e. The third kappa shape index (κ3) is 4.13. The first-order valence-corrected chi connectivity index (χ1v) is 8.59. The lowest BCUT2D eigenvalue weighted by Crippen LogP contribution is -2.35. The molecule has 1 aliphatic rings. The Labute approximate surface area is 164 Å². The molecule has 10 heteroatoms. The summed E-state index contributed by atoms with van der Waals surface area (Å²) < 4.78 is 47.6. The Morgan fingerprint density at radius 1 is 1.34 bits per heavy atom. The van der Waals surface area contributed by atoms with Crippen molar-refractivity contribution in [1.29, 1.82) is 5.26 Å². The minimum Gasteiger partial charge on any atom is -0.465 e. The van der Waals surface area contributed by atoms with Crippen molar-refractivity contribution in [3.05, 3.63) is 59.2 Å². The molecule has 1 aliphatic heterocycles. The second kappa shape index (κ2) is 8.18. The summed E-state index contributed by atoms with van der Waals surface area (Å²) in [7, 11) is 0. The van der Waals surface area contributed by atoms with Crippen LogP contribution < -0.4 is 11.1 Å². The predicted molar refractivity (Wildman–Crippen MR) is 97.8 cm³/mol. The van der Waals surface area contributed by atoms with Crippen LogP contribution in [0.1, 0.15) is 34.5 Å². The molecule has 2 aromatic rings. The van der Waals surface area contributed by atoms with Crippen molar-refractivity contribution in [2.24, 2.45) is 10.7 Å². The molecule has 1 aromatic carbocycles. The molecule has 0 saturated carbocycles. The minimum atomic E-state index is -3.05. The van der Waals surface area contributed by atoms with Crippen molar-refractivity contribution in [3.63, 3.8) is 0 Å². The molecule has 2 heterocycles. The van der Waals surface area contributed by atoms with Crippen molar-refractivity contribution < 1.29 is 22.7 Å². The number of rotatable bonds is 4. The van der Waals surface area contributed by atoms with Crippen LogP contribution in [0.4, 0.5) is 18.9 Å². The number of carbonyl (C=O) groups is 1. The van der Waals surface area contributed by atoms with Gasteiger partial charge >= 0.3 is 0 Å². The van der Waals surface area contributed by atoms with E-state index in [0.29, 0.717) is 0 Å². The number of amides is 1. The smallest absolute Gasteiger partial charge is 0.283 e. The van der Waals surface area contributed by atoms with E-state index >= 15 is 0 Å². The van der Waals surface area contributed by atoms with Gasteiger partial charge in [-0.2, -0.15) is 5.26 Å². The normalized spacial score (nSPS) is 18.9. The van der Waals surface area contributed by atoms with Gasteiger partial charge in [0.2, 0.25) is 0 Å². The van der Waals surface area contributed by atoms with E-state index in [1.807, 2.05) is 6.07 Å². The Bertz CT molecular complexity index is 988. The topological polar surface area (TPSA) is 113 Å². The van der Waals surface area contributed by atoms with Gasteiger partial charge in [0.05, 0.1) is 12.2 Å². The largest absolute Gasteiger partial charge is 0.465 e. The van der Waals surface area contributed by atoms with Crippen LogP contribution in [-0.4, -0.2) is 29.9 Å². The molecular weight excluding hydrogens is 387 g/mol. The number of amidine groups is 1. The van der Waals surface area contributed by atoms with Crippen molar-refractivity contribution in [2.45, 2.75) is 24.8 Å². The Morgan fingerprint density at radius 3 is 2.79 bits per heavy atom. The third-order valence-corrected chi connectivity index (χ3v) is 4.44. The quantitative estimate of drug-likeness (QED) is 0.815. The predicted octanol–water partition coefficient (Wildman–Crippen LogP) is 2.93. The zero-order chi connectivity index (χ0) is 21.0. The number of hydrogen-bond donors (Lipinski definition) is 2. The zero-order valence-electron chi connectivity index (χ0n) is 15.0. The van der Waals surface area contributed by atoms with Crippen molar-refractivity contribution in [1.82, 2.24) is 4.98 Å². The summed E-state index contributed by atoms with van der Waals surface area (Å²) in [5.74, 6) is -1.55. The fourth-order valence-electron chi connectivity index (χ4n) is 3.00. The maximum atomic E-state index is 14.5. The minimum absolute atomic E-state index is 0.00331. The summed E-state index contributed by atoms with van der Waals surface area (Å²) in [5.41, 5.74) is 3.26. The first kappa shape index (κ1) is 20.1. The molecule has 0 aliphatic carbocycles. The summed E-state index contributed by atoms with van der Waals surface area (Å²) in [6.45, 7) is 0.0895. The van der Waals surface area contributed by atoms with E-state index in [2.05, 4.69) is 15.3 Å². The fourth-order valence-corrected chi connectivity index (χ4v) is 3.00. The Hall–Kier alpha value is -3.61. The summed E-state index contributed by atoms with van der Waals surface area (Å²) in [4.78, 5) is 20.0. The van der Waals surface area contributed by atoms with Gasteiger partial charge in [0.25, 0.3) is 18.4 Å². The number of nitriles is 1. The number of aliphatic imine (C=N–C) groups is 1. The van der Waals surface area contributed by atoms with E-state index in [-0.39, 0.29) is 36.4 Å². The number of carbonyl (C=O) groups excluding carboxylic acids is 1. The second-order valence-electron chi connectivity index (χ2n) is 6.32. The van der Waals surface area contributed by atoms with Crippen LogP contribution in [0.2, 0.25) is 0 Å². The van der Waals surface area contributed by atoms with Crippen LogP contribution in [-0.2, 0) is 10.3 Å². The van der Waals surface area contributed by atoms with Gasteiger partial charge in [-0.1, -0.05) is 0 Å². The van der Waals surface area contributed by atoms with Gasteiger partial charge in [-0.25, -0.2) is 23.1 Å². The highest BCUT2D eigenvalue weighted by atomic mass is 19.3. The SMILES string of the molecule is N#Cc1ccc(C(=O)Nc2ccc(F)c([C@]3(C(F)F)CCCOC(N)=N3)c2)nc1. The lowest BCUT2D eigenvalue weighted by molar-refractivity contribution is 0.0460. The van der Waals surface area contributed by atoms with E-state index in [4.69, 9.17) is 15.7 Å². The molecule has 29 heavy (non-hydrogen) atoms. The first-order chi connectivity index (χ1) is 13.9. The van der Waals surface area contributed by atoms with E-state index in [0.717, 1.165) is 12.1 Å². The van der Waals surface area contributed by atoms with Crippen molar-refractivity contribution in [2.75, 3.05) is 11.9 Å². The highest BCUT2D eigenvalue weighted by Crippen LogP contribution is 2.41. The molecule has 1 atom stereocenters. The van der Waals surface area contributed by atoms with Crippen molar-refractivity contribution in [3.8, 4) is 6.07 Å². The maximum absolute atomic E-state index is 14.5. The van der Waals surface area contributed by atoms with E-state index in [9.17, 15) is 18.0 Å². The highest BCUT2D eigenvalue weighted by Gasteiger charge is 2.45. The molecule has 0 fully saturated rings. The number of halogens is 3. The monoisotopic (exact) mass is 403 g/mol. The number of aromatic nitrogens is 1. The molecule has 1 amide bonds. The highest BCUT2D eigenvalue weighted by molar-refractivity contribution is 6.02. The molecule has 7 nitrogen and oxygen atoms in total. The number of nitrogens with one attached hydrogen (secondary N) is 1. The number of anilines is 1. The summed E-state index contributed by atoms with van der Waals surface area (Å²) in [6, 6.07) is 7.49.